The van der Waals surface area contributed by atoms with Crippen LogP contribution in [-0.2, 0) is 0 Å². The summed E-state index contributed by atoms with van der Waals surface area (Å²) in [6.45, 7) is 2.33. The van der Waals surface area contributed by atoms with E-state index >= 15 is 0 Å². The third kappa shape index (κ3) is 2.93. The number of piperidine rings is 1. The van der Waals surface area contributed by atoms with Gasteiger partial charge in [-0.1, -0.05) is 0 Å². The minimum atomic E-state index is 0.567. The van der Waals surface area contributed by atoms with Gasteiger partial charge in [0.05, 0.1) is 11.9 Å². The fourth-order valence-corrected chi connectivity index (χ4v) is 2.41. The first kappa shape index (κ1) is 12.2. The molecule has 0 aromatic carbocycles. The highest BCUT2D eigenvalue weighted by Crippen LogP contribution is 2.16. The standard InChI is InChI=1S/C14H19N5/c1-18-7-4-12(5-8-18)17-13-2-3-14(16-10-13)19-9-6-15-11-19/h2-3,6,9-12,17H,4-5,7-8H2,1H3. The predicted molar refractivity (Wildman–Crippen MR) is 75.5 cm³/mol. The van der Waals surface area contributed by atoms with Gasteiger partial charge in [-0.05, 0) is 45.1 Å². The summed E-state index contributed by atoms with van der Waals surface area (Å²) in [6, 6.07) is 4.66. The Hall–Kier alpha value is -1.88. The molecule has 5 nitrogen and oxygen atoms in total. The summed E-state index contributed by atoms with van der Waals surface area (Å²) in [7, 11) is 2.18. The third-order valence-electron chi connectivity index (χ3n) is 3.61. The number of nitrogens with one attached hydrogen (secondary N) is 1. The lowest BCUT2D eigenvalue weighted by atomic mass is 10.1. The number of rotatable bonds is 3. The van der Waals surface area contributed by atoms with E-state index in [1.807, 2.05) is 23.0 Å². The van der Waals surface area contributed by atoms with Crippen LogP contribution in [0.15, 0.2) is 37.1 Å². The molecule has 1 aliphatic heterocycles. The Balaban J connectivity index is 1.63. The topological polar surface area (TPSA) is 46.0 Å². The molecule has 2 aromatic heterocycles. The largest absolute Gasteiger partial charge is 0.381 e. The molecular formula is C14H19N5. The molecule has 0 unspecified atom stereocenters. The van der Waals surface area contributed by atoms with Crippen molar-refractivity contribution in [3.05, 3.63) is 37.1 Å². The second kappa shape index (κ2) is 5.40. The van der Waals surface area contributed by atoms with Crippen LogP contribution in [0.3, 0.4) is 0 Å². The van der Waals surface area contributed by atoms with Gasteiger partial charge in [0.2, 0.25) is 0 Å². The minimum Gasteiger partial charge on any atom is -0.381 e. The van der Waals surface area contributed by atoms with Gasteiger partial charge in [-0.25, -0.2) is 9.97 Å². The van der Waals surface area contributed by atoms with Crippen molar-refractivity contribution < 1.29 is 0 Å². The Kier molecular flexibility index (Phi) is 3.46. The van der Waals surface area contributed by atoms with Crippen molar-refractivity contribution >= 4 is 5.69 Å². The second-order valence-corrected chi connectivity index (χ2v) is 5.10. The highest BCUT2D eigenvalue weighted by atomic mass is 15.1. The molecule has 19 heavy (non-hydrogen) atoms. The monoisotopic (exact) mass is 257 g/mol. The van der Waals surface area contributed by atoms with Gasteiger partial charge in [-0.15, -0.1) is 0 Å². The number of hydrogen-bond acceptors (Lipinski definition) is 4. The number of likely N-dealkylation sites (tertiary alicyclic amines) is 1. The Morgan fingerprint density at radius 1 is 1.26 bits per heavy atom. The van der Waals surface area contributed by atoms with Gasteiger partial charge in [0.15, 0.2) is 0 Å². The lowest BCUT2D eigenvalue weighted by molar-refractivity contribution is 0.264. The molecule has 0 radical (unpaired) electrons. The molecule has 0 atom stereocenters. The van der Waals surface area contributed by atoms with E-state index in [1.54, 1.807) is 12.5 Å². The van der Waals surface area contributed by atoms with Crippen LogP contribution >= 0.6 is 0 Å². The lowest BCUT2D eigenvalue weighted by Crippen LogP contribution is -2.36. The Morgan fingerprint density at radius 2 is 2.11 bits per heavy atom. The first-order valence-corrected chi connectivity index (χ1v) is 6.71. The van der Waals surface area contributed by atoms with E-state index in [0.717, 1.165) is 24.6 Å². The maximum Gasteiger partial charge on any atom is 0.137 e. The molecule has 0 aliphatic carbocycles. The van der Waals surface area contributed by atoms with Crippen molar-refractivity contribution in [3.63, 3.8) is 0 Å². The van der Waals surface area contributed by atoms with Crippen LogP contribution in [0.5, 0.6) is 0 Å². The number of pyridine rings is 1. The highest BCUT2D eigenvalue weighted by Gasteiger charge is 2.16. The smallest absolute Gasteiger partial charge is 0.137 e. The Bertz CT molecular complexity index is 497. The van der Waals surface area contributed by atoms with Crippen molar-refractivity contribution in [2.75, 3.05) is 25.5 Å². The van der Waals surface area contributed by atoms with Crippen molar-refractivity contribution in [2.24, 2.45) is 0 Å². The van der Waals surface area contributed by atoms with Crippen LogP contribution in [0.4, 0.5) is 5.69 Å². The summed E-state index contributed by atoms with van der Waals surface area (Å²) in [5, 5.41) is 3.56. The molecule has 1 N–H and O–H groups in total. The molecule has 0 amide bonds. The van der Waals surface area contributed by atoms with Gasteiger partial charge in [-0.2, -0.15) is 0 Å². The highest BCUT2D eigenvalue weighted by molar-refractivity contribution is 5.44. The van der Waals surface area contributed by atoms with E-state index in [-0.39, 0.29) is 0 Å². The lowest BCUT2D eigenvalue weighted by Gasteiger charge is -2.30. The number of anilines is 1. The average Bonchev–Trinajstić information content (AvgIpc) is 2.96. The normalized spacial score (nSPS) is 17.5. The Labute approximate surface area is 113 Å². The number of nitrogens with zero attached hydrogens (tertiary/aromatic N) is 4. The molecule has 1 aliphatic rings. The molecule has 5 heteroatoms. The molecular weight excluding hydrogens is 238 g/mol. The van der Waals surface area contributed by atoms with E-state index in [1.165, 1.54) is 12.8 Å². The zero-order valence-electron chi connectivity index (χ0n) is 11.2. The van der Waals surface area contributed by atoms with Gasteiger partial charge in [-0.3, -0.25) is 4.57 Å². The quantitative estimate of drug-likeness (QED) is 0.910. The predicted octanol–water partition coefficient (Wildman–Crippen LogP) is 1.77. The van der Waals surface area contributed by atoms with Gasteiger partial charge < -0.3 is 10.2 Å². The summed E-state index contributed by atoms with van der Waals surface area (Å²) in [5.74, 6) is 0.895. The minimum absolute atomic E-state index is 0.567. The van der Waals surface area contributed by atoms with E-state index in [9.17, 15) is 0 Å². The SMILES string of the molecule is CN1CCC(Nc2ccc(-n3ccnc3)nc2)CC1. The molecule has 1 fully saturated rings. The van der Waals surface area contributed by atoms with E-state index in [0.29, 0.717) is 6.04 Å². The third-order valence-corrected chi connectivity index (χ3v) is 3.61. The molecule has 3 rings (SSSR count). The molecule has 0 spiro atoms. The van der Waals surface area contributed by atoms with Gasteiger partial charge in [0.1, 0.15) is 12.1 Å². The zero-order valence-corrected chi connectivity index (χ0v) is 11.2. The second-order valence-electron chi connectivity index (χ2n) is 5.10. The van der Waals surface area contributed by atoms with Crippen LogP contribution in [-0.4, -0.2) is 45.6 Å². The van der Waals surface area contributed by atoms with E-state index < -0.39 is 0 Å². The van der Waals surface area contributed by atoms with Crippen LogP contribution in [0.1, 0.15) is 12.8 Å². The maximum atomic E-state index is 4.45. The molecule has 1 saturated heterocycles. The van der Waals surface area contributed by atoms with Crippen molar-refractivity contribution in [1.29, 1.82) is 0 Å². The zero-order chi connectivity index (χ0) is 13.1. The maximum absolute atomic E-state index is 4.45. The van der Waals surface area contributed by atoms with Crippen molar-refractivity contribution in [2.45, 2.75) is 18.9 Å². The molecule has 100 valence electrons. The van der Waals surface area contributed by atoms with Crippen LogP contribution in [0, 0.1) is 0 Å². The first-order valence-electron chi connectivity index (χ1n) is 6.71. The number of imidazole rings is 1. The summed E-state index contributed by atoms with van der Waals surface area (Å²) in [4.78, 5) is 10.8. The van der Waals surface area contributed by atoms with Crippen molar-refractivity contribution in [1.82, 2.24) is 19.4 Å². The molecule has 0 bridgehead atoms. The van der Waals surface area contributed by atoms with Crippen molar-refractivity contribution in [3.8, 4) is 5.82 Å². The fourth-order valence-electron chi connectivity index (χ4n) is 2.41. The van der Waals surface area contributed by atoms with E-state index in [2.05, 4.69) is 33.3 Å². The number of hydrogen-bond donors (Lipinski definition) is 1. The molecule has 0 saturated carbocycles. The van der Waals surface area contributed by atoms with Crippen LogP contribution in [0.25, 0.3) is 5.82 Å². The van der Waals surface area contributed by atoms with Crippen LogP contribution < -0.4 is 5.32 Å². The summed E-state index contributed by atoms with van der Waals surface area (Å²) >= 11 is 0. The average molecular weight is 257 g/mol. The Morgan fingerprint density at radius 3 is 2.74 bits per heavy atom. The van der Waals surface area contributed by atoms with Gasteiger partial charge in [0, 0.05) is 18.4 Å². The molecule has 2 aromatic rings. The van der Waals surface area contributed by atoms with Gasteiger partial charge in [0.25, 0.3) is 0 Å². The first-order chi connectivity index (χ1) is 9.31. The molecule has 3 heterocycles. The van der Waals surface area contributed by atoms with E-state index in [4.69, 9.17) is 0 Å². The summed E-state index contributed by atoms with van der Waals surface area (Å²) in [5.41, 5.74) is 1.10. The summed E-state index contributed by atoms with van der Waals surface area (Å²) < 4.78 is 1.90. The summed E-state index contributed by atoms with van der Waals surface area (Å²) in [6.07, 6.45) is 9.69. The number of aromatic nitrogens is 3. The fraction of sp³-hybridized carbons (Fsp3) is 0.429. The van der Waals surface area contributed by atoms with Crippen LogP contribution in [0.2, 0.25) is 0 Å². The van der Waals surface area contributed by atoms with Gasteiger partial charge >= 0.3 is 0 Å².